The molecule has 0 atom stereocenters. The Morgan fingerprint density at radius 3 is 2.50 bits per heavy atom. The topological polar surface area (TPSA) is 38.7 Å². The van der Waals surface area contributed by atoms with Gasteiger partial charge in [0, 0.05) is 0 Å². The Morgan fingerprint density at radius 2 is 2.00 bits per heavy atom. The molecular weight excluding hydrogens is 178 g/mol. The molecule has 14 heavy (non-hydrogen) atoms. The molecule has 0 aliphatic heterocycles. The maximum atomic E-state index is 10.9. The molecule has 3 heteroatoms. The van der Waals surface area contributed by atoms with Gasteiger partial charge in [-0.25, -0.2) is 4.79 Å². The molecule has 0 saturated carbocycles. The maximum absolute atomic E-state index is 10.9. The number of aliphatic imine (C=N–C) groups is 1. The van der Waals surface area contributed by atoms with E-state index in [4.69, 9.17) is 0 Å². The minimum Gasteiger partial charge on any atom is -0.451 e. The standard InChI is InChI=1S/C11H13NO2/c1-3-10(12-11(13)14-2)9-7-5-4-6-8-9/h4-8H,3H2,1-2H3. The smallest absolute Gasteiger partial charge is 0.433 e. The van der Waals surface area contributed by atoms with Crippen LogP contribution < -0.4 is 0 Å². The molecule has 1 amide bonds. The lowest BCUT2D eigenvalue weighted by Gasteiger charge is -2.02. The summed E-state index contributed by atoms with van der Waals surface area (Å²) in [5, 5.41) is 0. The van der Waals surface area contributed by atoms with Crippen LogP contribution in [0.25, 0.3) is 0 Å². The van der Waals surface area contributed by atoms with Crippen molar-refractivity contribution in [2.45, 2.75) is 13.3 Å². The first-order valence-electron chi connectivity index (χ1n) is 4.49. The summed E-state index contributed by atoms with van der Waals surface area (Å²) in [6.07, 6.45) is 0.157. The molecule has 0 aliphatic rings. The molecule has 0 aliphatic carbocycles. The van der Waals surface area contributed by atoms with Crippen molar-refractivity contribution < 1.29 is 9.53 Å². The molecule has 0 aromatic heterocycles. The summed E-state index contributed by atoms with van der Waals surface area (Å²) < 4.78 is 4.48. The Labute approximate surface area is 83.4 Å². The van der Waals surface area contributed by atoms with Crippen LogP contribution in [0.3, 0.4) is 0 Å². The molecule has 1 aromatic rings. The molecule has 1 aromatic carbocycles. The molecule has 0 bridgehead atoms. The summed E-state index contributed by atoms with van der Waals surface area (Å²) in [5.74, 6) is 0. The van der Waals surface area contributed by atoms with Crippen molar-refractivity contribution in [3.63, 3.8) is 0 Å². The van der Waals surface area contributed by atoms with Gasteiger partial charge in [0.25, 0.3) is 0 Å². The zero-order valence-corrected chi connectivity index (χ0v) is 8.36. The average Bonchev–Trinajstić information content (AvgIpc) is 2.26. The first kappa shape index (κ1) is 10.4. The minimum absolute atomic E-state index is 0.550. The van der Waals surface area contributed by atoms with Gasteiger partial charge in [0.05, 0.1) is 12.8 Å². The second-order valence-electron chi connectivity index (χ2n) is 2.75. The normalized spacial score (nSPS) is 11.1. The fraction of sp³-hybridized carbons (Fsp3) is 0.273. The van der Waals surface area contributed by atoms with Crippen LogP contribution in [0.1, 0.15) is 18.9 Å². The third-order valence-electron chi connectivity index (χ3n) is 1.84. The van der Waals surface area contributed by atoms with Gasteiger partial charge in [0.2, 0.25) is 0 Å². The second-order valence-corrected chi connectivity index (χ2v) is 2.75. The number of carbonyl (C=O) groups is 1. The molecule has 3 nitrogen and oxygen atoms in total. The fourth-order valence-electron chi connectivity index (χ4n) is 1.13. The van der Waals surface area contributed by atoms with E-state index in [0.29, 0.717) is 6.42 Å². The number of hydrogen-bond donors (Lipinski definition) is 0. The molecule has 0 heterocycles. The van der Waals surface area contributed by atoms with Crippen LogP contribution in [0.15, 0.2) is 35.3 Å². The van der Waals surface area contributed by atoms with Gasteiger partial charge < -0.3 is 4.74 Å². The Kier molecular flexibility index (Phi) is 3.85. The Hall–Kier alpha value is -1.64. The van der Waals surface area contributed by atoms with Crippen LogP contribution in [0.2, 0.25) is 0 Å². The van der Waals surface area contributed by atoms with Crippen LogP contribution in [-0.2, 0) is 4.74 Å². The van der Waals surface area contributed by atoms with E-state index in [0.717, 1.165) is 11.3 Å². The highest BCUT2D eigenvalue weighted by molar-refractivity contribution is 6.05. The van der Waals surface area contributed by atoms with Crippen LogP contribution >= 0.6 is 0 Å². The lowest BCUT2D eigenvalue weighted by Crippen LogP contribution is -2.04. The minimum atomic E-state index is -0.550. The summed E-state index contributed by atoms with van der Waals surface area (Å²) in [7, 11) is 1.32. The van der Waals surface area contributed by atoms with Crippen molar-refractivity contribution in [3.8, 4) is 0 Å². The summed E-state index contributed by atoms with van der Waals surface area (Å²) in [6.45, 7) is 1.95. The zero-order chi connectivity index (χ0) is 10.4. The SMILES string of the molecule is CCC(=NC(=O)OC)c1ccccc1. The molecule has 74 valence electrons. The summed E-state index contributed by atoms with van der Waals surface area (Å²) in [6, 6.07) is 9.60. The van der Waals surface area contributed by atoms with Gasteiger partial charge in [-0.2, -0.15) is 4.99 Å². The van der Waals surface area contributed by atoms with Gasteiger partial charge in [0.15, 0.2) is 0 Å². The van der Waals surface area contributed by atoms with E-state index < -0.39 is 6.09 Å². The van der Waals surface area contributed by atoms with Crippen molar-refractivity contribution in [2.75, 3.05) is 7.11 Å². The first-order valence-corrected chi connectivity index (χ1v) is 4.49. The van der Waals surface area contributed by atoms with Crippen LogP contribution in [0.5, 0.6) is 0 Å². The largest absolute Gasteiger partial charge is 0.451 e. The Bertz CT molecular complexity index is 330. The highest BCUT2D eigenvalue weighted by Gasteiger charge is 2.03. The van der Waals surface area contributed by atoms with Crippen molar-refractivity contribution in [2.24, 2.45) is 4.99 Å². The Balaban J connectivity index is 2.93. The number of rotatable bonds is 2. The first-order chi connectivity index (χ1) is 6.77. The van der Waals surface area contributed by atoms with Crippen molar-refractivity contribution in [1.29, 1.82) is 0 Å². The van der Waals surface area contributed by atoms with Gasteiger partial charge in [-0.05, 0) is 12.0 Å². The van der Waals surface area contributed by atoms with E-state index in [1.807, 2.05) is 37.3 Å². The number of nitrogens with zero attached hydrogens (tertiary/aromatic N) is 1. The average molecular weight is 191 g/mol. The van der Waals surface area contributed by atoms with Gasteiger partial charge in [-0.15, -0.1) is 0 Å². The number of carbonyl (C=O) groups excluding carboxylic acids is 1. The van der Waals surface area contributed by atoms with E-state index in [2.05, 4.69) is 9.73 Å². The molecule has 0 unspecified atom stereocenters. The lowest BCUT2D eigenvalue weighted by molar-refractivity contribution is 0.182. The lowest BCUT2D eigenvalue weighted by atomic mass is 10.1. The third-order valence-corrected chi connectivity index (χ3v) is 1.84. The zero-order valence-electron chi connectivity index (χ0n) is 8.36. The van der Waals surface area contributed by atoms with E-state index in [9.17, 15) is 4.79 Å². The number of benzene rings is 1. The number of ether oxygens (including phenoxy) is 1. The van der Waals surface area contributed by atoms with Crippen LogP contribution in [-0.4, -0.2) is 18.9 Å². The van der Waals surface area contributed by atoms with Crippen LogP contribution in [0, 0.1) is 0 Å². The summed E-state index contributed by atoms with van der Waals surface area (Å²) in [4.78, 5) is 14.8. The number of methoxy groups -OCH3 is 1. The van der Waals surface area contributed by atoms with Crippen molar-refractivity contribution in [3.05, 3.63) is 35.9 Å². The second kappa shape index (κ2) is 5.17. The molecule has 0 fully saturated rings. The van der Waals surface area contributed by atoms with E-state index in [-0.39, 0.29) is 0 Å². The number of hydrogen-bond acceptors (Lipinski definition) is 2. The monoisotopic (exact) mass is 191 g/mol. The Morgan fingerprint density at radius 1 is 1.36 bits per heavy atom. The predicted octanol–water partition coefficient (Wildman–Crippen LogP) is 2.65. The van der Waals surface area contributed by atoms with Gasteiger partial charge in [-0.1, -0.05) is 37.3 Å². The van der Waals surface area contributed by atoms with Crippen molar-refractivity contribution in [1.82, 2.24) is 0 Å². The quantitative estimate of drug-likeness (QED) is 0.674. The van der Waals surface area contributed by atoms with Crippen LogP contribution in [0.4, 0.5) is 4.79 Å². The molecular formula is C11H13NO2. The van der Waals surface area contributed by atoms with Gasteiger partial charge in [0.1, 0.15) is 0 Å². The van der Waals surface area contributed by atoms with E-state index in [1.54, 1.807) is 0 Å². The molecule has 0 saturated heterocycles. The van der Waals surface area contributed by atoms with Gasteiger partial charge >= 0.3 is 6.09 Å². The van der Waals surface area contributed by atoms with Crippen molar-refractivity contribution >= 4 is 11.8 Å². The highest BCUT2D eigenvalue weighted by atomic mass is 16.5. The third kappa shape index (κ3) is 2.69. The fourth-order valence-corrected chi connectivity index (χ4v) is 1.13. The molecule has 0 spiro atoms. The van der Waals surface area contributed by atoms with E-state index >= 15 is 0 Å². The molecule has 1 rings (SSSR count). The summed E-state index contributed by atoms with van der Waals surface area (Å²) in [5.41, 5.74) is 1.71. The highest BCUT2D eigenvalue weighted by Crippen LogP contribution is 2.04. The van der Waals surface area contributed by atoms with Gasteiger partial charge in [-0.3, -0.25) is 0 Å². The molecule has 0 N–H and O–H groups in total. The molecule has 0 radical (unpaired) electrons. The predicted molar refractivity (Wildman–Crippen MR) is 55.7 cm³/mol. The summed E-state index contributed by atoms with van der Waals surface area (Å²) >= 11 is 0. The maximum Gasteiger partial charge on any atom is 0.433 e. The van der Waals surface area contributed by atoms with E-state index in [1.165, 1.54) is 7.11 Å². The number of amides is 1.